The van der Waals surface area contributed by atoms with E-state index < -0.39 is 0 Å². The van der Waals surface area contributed by atoms with Crippen molar-refractivity contribution in [1.29, 1.82) is 0 Å². The number of hydrogen-bond acceptors (Lipinski definition) is 4. The molecule has 1 aromatic heterocycles. The molecule has 1 amide bonds. The molecule has 1 aromatic rings. The minimum atomic E-state index is -0.179. The summed E-state index contributed by atoms with van der Waals surface area (Å²) in [6.07, 6.45) is 1.78. The summed E-state index contributed by atoms with van der Waals surface area (Å²) in [6.45, 7) is 1.75. The Hall–Kier alpha value is -1.43. The van der Waals surface area contributed by atoms with Crippen LogP contribution in [0.4, 0.5) is 9.70 Å². The normalized spacial score (nSPS) is 15.7. The number of pyridine rings is 1. The molecule has 0 radical (unpaired) electrons. The van der Waals surface area contributed by atoms with Crippen LogP contribution in [0.25, 0.3) is 0 Å². The van der Waals surface area contributed by atoms with Crippen molar-refractivity contribution in [2.75, 3.05) is 5.01 Å². The van der Waals surface area contributed by atoms with Gasteiger partial charge in [-0.05, 0) is 19.1 Å². The third kappa shape index (κ3) is 1.85. The van der Waals surface area contributed by atoms with Gasteiger partial charge in [-0.25, -0.2) is 4.98 Å². The fourth-order valence-corrected chi connectivity index (χ4v) is 1.66. The van der Waals surface area contributed by atoms with Gasteiger partial charge in [0, 0.05) is 11.9 Å². The predicted octanol–water partition coefficient (Wildman–Crippen LogP) is 2.17. The van der Waals surface area contributed by atoms with Gasteiger partial charge in [0.2, 0.25) is 0 Å². The van der Waals surface area contributed by atoms with Crippen LogP contribution in [-0.4, -0.2) is 16.6 Å². The SMILES string of the molecule is CC1=NN(c2ncccc2SF)C(=O)C1. The number of carbonyl (C=O) groups is 1. The minimum absolute atomic E-state index is 0.0599. The quantitative estimate of drug-likeness (QED) is 0.774. The Balaban J connectivity index is 2.41. The molecule has 0 saturated heterocycles. The second-order valence-corrected chi connectivity index (χ2v) is 3.71. The highest BCUT2D eigenvalue weighted by atomic mass is 32.2. The molecule has 2 rings (SSSR count). The molecule has 0 unspecified atom stereocenters. The maximum Gasteiger partial charge on any atom is 0.254 e. The van der Waals surface area contributed by atoms with E-state index in [4.69, 9.17) is 0 Å². The number of amides is 1. The van der Waals surface area contributed by atoms with E-state index in [2.05, 4.69) is 10.1 Å². The summed E-state index contributed by atoms with van der Waals surface area (Å²) in [5.74, 6) is 0.0772. The molecule has 78 valence electrons. The number of hydrogen-bond donors (Lipinski definition) is 0. The molecule has 0 spiro atoms. The van der Waals surface area contributed by atoms with Crippen molar-refractivity contribution < 1.29 is 8.68 Å². The molecular weight excluding hydrogens is 217 g/mol. The van der Waals surface area contributed by atoms with E-state index in [-0.39, 0.29) is 30.3 Å². The second kappa shape index (κ2) is 3.98. The van der Waals surface area contributed by atoms with Gasteiger partial charge in [-0.3, -0.25) is 4.79 Å². The molecule has 0 aliphatic carbocycles. The lowest BCUT2D eigenvalue weighted by Gasteiger charge is -2.11. The van der Waals surface area contributed by atoms with E-state index in [0.29, 0.717) is 10.6 Å². The lowest BCUT2D eigenvalue weighted by Crippen LogP contribution is -2.21. The highest BCUT2D eigenvalue weighted by Crippen LogP contribution is 2.30. The van der Waals surface area contributed by atoms with E-state index in [9.17, 15) is 8.68 Å². The number of rotatable bonds is 2. The van der Waals surface area contributed by atoms with E-state index in [1.165, 1.54) is 6.20 Å². The van der Waals surface area contributed by atoms with Crippen LogP contribution in [0, 0.1) is 0 Å². The zero-order valence-electron chi connectivity index (χ0n) is 7.98. The maximum absolute atomic E-state index is 12.6. The summed E-state index contributed by atoms with van der Waals surface area (Å²) in [5.41, 5.74) is 0.709. The average Bonchev–Trinajstić information content (AvgIpc) is 2.57. The maximum atomic E-state index is 12.6. The molecule has 0 aromatic carbocycles. The van der Waals surface area contributed by atoms with E-state index in [0.717, 1.165) is 5.01 Å². The predicted molar refractivity (Wildman–Crippen MR) is 56.4 cm³/mol. The molecule has 0 N–H and O–H groups in total. The Morgan fingerprint density at radius 2 is 2.40 bits per heavy atom. The number of hydrazone groups is 1. The van der Waals surface area contributed by atoms with Crippen molar-refractivity contribution >= 4 is 29.6 Å². The van der Waals surface area contributed by atoms with Gasteiger partial charge in [-0.2, -0.15) is 14.0 Å². The third-order valence-corrected chi connectivity index (χ3v) is 2.43. The van der Waals surface area contributed by atoms with Crippen LogP contribution in [0.5, 0.6) is 0 Å². The van der Waals surface area contributed by atoms with E-state index >= 15 is 0 Å². The van der Waals surface area contributed by atoms with Crippen LogP contribution in [0.15, 0.2) is 28.3 Å². The van der Waals surface area contributed by atoms with Crippen LogP contribution in [0.2, 0.25) is 0 Å². The zero-order chi connectivity index (χ0) is 10.8. The van der Waals surface area contributed by atoms with E-state index in [1.807, 2.05) is 0 Å². The Bertz CT molecular complexity index is 435. The molecule has 0 saturated carbocycles. The first-order valence-corrected chi connectivity index (χ1v) is 5.04. The number of nitrogens with zero attached hydrogens (tertiary/aromatic N) is 3. The van der Waals surface area contributed by atoms with Crippen molar-refractivity contribution in [2.24, 2.45) is 5.10 Å². The first kappa shape index (κ1) is 10.1. The van der Waals surface area contributed by atoms with Crippen molar-refractivity contribution in [3.63, 3.8) is 0 Å². The topological polar surface area (TPSA) is 45.6 Å². The first-order chi connectivity index (χ1) is 7.22. The summed E-state index contributed by atoms with van der Waals surface area (Å²) in [6, 6.07) is 3.17. The van der Waals surface area contributed by atoms with Crippen LogP contribution < -0.4 is 5.01 Å². The fourth-order valence-electron chi connectivity index (χ4n) is 1.32. The minimum Gasteiger partial charge on any atom is -0.272 e. The van der Waals surface area contributed by atoms with Gasteiger partial charge < -0.3 is 0 Å². The van der Waals surface area contributed by atoms with Gasteiger partial charge in [-0.1, -0.05) is 0 Å². The Labute approximate surface area is 90.5 Å². The molecule has 1 aliphatic heterocycles. The molecule has 2 heterocycles. The van der Waals surface area contributed by atoms with Crippen LogP contribution in [0.1, 0.15) is 13.3 Å². The Kier molecular flexibility index (Phi) is 2.68. The molecule has 0 fully saturated rings. The molecule has 15 heavy (non-hydrogen) atoms. The molecule has 6 heteroatoms. The van der Waals surface area contributed by atoms with Crippen LogP contribution >= 0.6 is 12.1 Å². The summed E-state index contributed by atoms with van der Waals surface area (Å²) >= 11 is 0.0599. The molecule has 4 nitrogen and oxygen atoms in total. The lowest BCUT2D eigenvalue weighted by atomic mass is 10.3. The monoisotopic (exact) mass is 225 g/mol. The number of halogens is 1. The van der Waals surface area contributed by atoms with Gasteiger partial charge in [0.15, 0.2) is 5.82 Å². The molecule has 0 bridgehead atoms. The fraction of sp³-hybridized carbons (Fsp3) is 0.222. The van der Waals surface area contributed by atoms with Crippen molar-refractivity contribution in [1.82, 2.24) is 4.98 Å². The smallest absolute Gasteiger partial charge is 0.254 e. The number of carbonyl (C=O) groups excluding carboxylic acids is 1. The largest absolute Gasteiger partial charge is 0.272 e. The summed E-state index contributed by atoms with van der Waals surface area (Å²) in [7, 11) is 0. The van der Waals surface area contributed by atoms with Gasteiger partial charge in [0.05, 0.1) is 23.5 Å². The first-order valence-electron chi connectivity index (χ1n) is 4.33. The summed E-state index contributed by atoms with van der Waals surface area (Å²) in [5, 5.41) is 5.16. The summed E-state index contributed by atoms with van der Waals surface area (Å²) < 4.78 is 12.6. The lowest BCUT2D eigenvalue weighted by molar-refractivity contribution is -0.117. The standard InChI is InChI=1S/C9H8FN3OS/c1-6-5-8(14)13(12-6)9-7(15-10)3-2-4-11-9/h2-4H,5H2,1H3. The second-order valence-electron chi connectivity index (χ2n) is 3.12. The van der Waals surface area contributed by atoms with Crippen LogP contribution in [-0.2, 0) is 4.79 Å². The molecular formula is C9H8FN3OS. The molecule has 1 aliphatic rings. The Morgan fingerprint density at radius 1 is 1.60 bits per heavy atom. The van der Waals surface area contributed by atoms with Crippen molar-refractivity contribution in [2.45, 2.75) is 18.2 Å². The van der Waals surface area contributed by atoms with Crippen molar-refractivity contribution in [3.05, 3.63) is 18.3 Å². The number of aromatic nitrogens is 1. The van der Waals surface area contributed by atoms with Gasteiger partial charge in [0.1, 0.15) is 0 Å². The molecule has 0 atom stereocenters. The third-order valence-electron chi connectivity index (χ3n) is 1.95. The highest BCUT2D eigenvalue weighted by Gasteiger charge is 2.25. The number of anilines is 1. The Morgan fingerprint density at radius 3 is 3.00 bits per heavy atom. The zero-order valence-corrected chi connectivity index (χ0v) is 8.79. The van der Waals surface area contributed by atoms with Gasteiger partial charge in [0.25, 0.3) is 5.91 Å². The van der Waals surface area contributed by atoms with Gasteiger partial charge in [-0.15, -0.1) is 0 Å². The van der Waals surface area contributed by atoms with E-state index in [1.54, 1.807) is 19.1 Å². The summed E-state index contributed by atoms with van der Waals surface area (Å²) in [4.78, 5) is 15.7. The van der Waals surface area contributed by atoms with Crippen LogP contribution in [0.3, 0.4) is 0 Å². The average molecular weight is 225 g/mol. The van der Waals surface area contributed by atoms with Crippen molar-refractivity contribution in [3.8, 4) is 0 Å². The highest BCUT2D eigenvalue weighted by molar-refractivity contribution is 7.94. The van der Waals surface area contributed by atoms with Gasteiger partial charge >= 0.3 is 0 Å².